The van der Waals surface area contributed by atoms with Gasteiger partial charge in [0.2, 0.25) is 5.91 Å². The molecular formula is C31H29F2N9O7S. The van der Waals surface area contributed by atoms with Gasteiger partial charge in [-0.3, -0.25) is 19.3 Å². The molecule has 0 radical (unpaired) electrons. The number of carbonyl (C=O) groups excluding carboxylic acids is 3. The van der Waals surface area contributed by atoms with Crippen molar-refractivity contribution in [1.82, 2.24) is 35.5 Å². The summed E-state index contributed by atoms with van der Waals surface area (Å²) >= 11 is 0. The second-order valence-corrected chi connectivity index (χ2v) is 13.3. The molecule has 260 valence electrons. The number of imide groups is 1. The number of sulfonamides is 1. The minimum Gasteiger partial charge on any atom is -0.480 e. The van der Waals surface area contributed by atoms with Gasteiger partial charge in [0.05, 0.1) is 58.1 Å². The van der Waals surface area contributed by atoms with E-state index in [0.29, 0.717) is 37.3 Å². The Balaban J connectivity index is 1.12. The van der Waals surface area contributed by atoms with Gasteiger partial charge in [0.1, 0.15) is 17.7 Å². The summed E-state index contributed by atoms with van der Waals surface area (Å²) < 4.78 is 59.1. The summed E-state index contributed by atoms with van der Waals surface area (Å²) in [6, 6.07) is 6.55. The van der Waals surface area contributed by atoms with Gasteiger partial charge in [0.25, 0.3) is 15.9 Å². The van der Waals surface area contributed by atoms with Crippen molar-refractivity contribution in [2.45, 2.75) is 29.8 Å². The third-order valence-corrected chi connectivity index (χ3v) is 9.82. The fraction of sp³-hybridized carbons (Fsp3) is 0.258. The van der Waals surface area contributed by atoms with Gasteiger partial charge in [-0.25, -0.2) is 36.4 Å². The number of hydrogen-bond donors (Lipinski definition) is 4. The first kappa shape index (κ1) is 34.1. The lowest BCUT2D eigenvalue weighted by atomic mass is 9.88. The number of pyridine rings is 1. The molecule has 4 heterocycles. The Morgan fingerprint density at radius 3 is 2.48 bits per heavy atom. The highest BCUT2D eigenvalue weighted by Crippen LogP contribution is 2.30. The van der Waals surface area contributed by atoms with Gasteiger partial charge in [0.15, 0.2) is 0 Å². The minimum absolute atomic E-state index is 0.150. The highest BCUT2D eigenvalue weighted by atomic mass is 32.2. The molecule has 2 aromatic heterocycles. The summed E-state index contributed by atoms with van der Waals surface area (Å²) in [6.45, 7) is 1.12. The lowest BCUT2D eigenvalue weighted by Gasteiger charge is -2.45. The summed E-state index contributed by atoms with van der Waals surface area (Å²) in [5, 5.41) is 22.5. The van der Waals surface area contributed by atoms with Gasteiger partial charge < -0.3 is 20.6 Å². The van der Waals surface area contributed by atoms with E-state index < -0.39 is 69.2 Å². The maximum Gasteiger partial charge on any atom is 0.331 e. The molecule has 2 aliphatic rings. The van der Waals surface area contributed by atoms with Crippen LogP contribution in [0.25, 0.3) is 5.69 Å². The smallest absolute Gasteiger partial charge is 0.331 e. The van der Waals surface area contributed by atoms with E-state index in [4.69, 9.17) is 0 Å². The zero-order chi connectivity index (χ0) is 35.7. The van der Waals surface area contributed by atoms with E-state index in [1.807, 2.05) is 4.72 Å². The standard InChI is InChI=1S/C31H29F2N9O7S/c1-40-27-16-34-9-8-21(27)29(44)42(31(40)47)19-3-2-17(35-15-19)12-26(30(45)46)37-28(43)22-13-24(33)25(14-23(22)32)38-50(48,49)20-6-4-18(5-7-20)41-11-10-36-39-41/h2-7,10-11,13-15,21,26-27,34,38H,8-9,12,16H2,1H3,(H,37,43)(H,45,46)/t21?,26-,27?/m0/s1. The highest BCUT2D eigenvalue weighted by Gasteiger charge is 2.46. The molecule has 4 amide bonds. The van der Waals surface area contributed by atoms with E-state index in [1.165, 1.54) is 64.6 Å². The maximum atomic E-state index is 15.1. The number of carboxylic acids is 1. The lowest BCUT2D eigenvalue weighted by Crippen LogP contribution is -2.65. The summed E-state index contributed by atoms with van der Waals surface area (Å²) in [5.41, 5.74) is -0.835. The predicted octanol–water partition coefficient (Wildman–Crippen LogP) is 1.54. The molecule has 50 heavy (non-hydrogen) atoms. The molecule has 16 nitrogen and oxygen atoms in total. The van der Waals surface area contributed by atoms with E-state index in [0.717, 1.165) is 4.90 Å². The number of urea groups is 1. The minimum atomic E-state index is -4.39. The number of carbonyl (C=O) groups is 4. The molecule has 0 spiro atoms. The maximum absolute atomic E-state index is 15.1. The molecule has 3 atom stereocenters. The normalized spacial score (nSPS) is 18.4. The van der Waals surface area contributed by atoms with Crippen LogP contribution < -0.4 is 20.3 Å². The van der Waals surface area contributed by atoms with Crippen LogP contribution in [0.1, 0.15) is 22.5 Å². The van der Waals surface area contributed by atoms with Gasteiger partial charge in [0, 0.05) is 31.8 Å². The van der Waals surface area contributed by atoms with Crippen molar-refractivity contribution >= 4 is 45.2 Å². The second-order valence-electron chi connectivity index (χ2n) is 11.6. The number of hydrogen-bond acceptors (Lipinski definition) is 10. The van der Waals surface area contributed by atoms with Crippen LogP contribution in [0.5, 0.6) is 0 Å². The molecule has 0 saturated carbocycles. The lowest BCUT2D eigenvalue weighted by molar-refractivity contribution is -0.139. The number of benzene rings is 2. The van der Waals surface area contributed by atoms with Crippen LogP contribution in [-0.2, 0) is 26.0 Å². The van der Waals surface area contributed by atoms with Gasteiger partial charge >= 0.3 is 12.0 Å². The zero-order valence-electron chi connectivity index (χ0n) is 26.2. The van der Waals surface area contributed by atoms with Crippen LogP contribution in [0.2, 0.25) is 0 Å². The summed E-state index contributed by atoms with van der Waals surface area (Å²) in [7, 11) is -2.78. The number of nitrogens with one attached hydrogen (secondary N) is 3. The first-order chi connectivity index (χ1) is 23.8. The van der Waals surface area contributed by atoms with Crippen LogP contribution in [0.4, 0.5) is 25.0 Å². The average molecular weight is 710 g/mol. The van der Waals surface area contributed by atoms with Crippen LogP contribution in [0.15, 0.2) is 72.0 Å². The van der Waals surface area contributed by atoms with Crippen molar-refractivity contribution in [2.24, 2.45) is 5.92 Å². The Kier molecular flexibility index (Phi) is 9.26. The molecule has 2 aliphatic heterocycles. The van der Waals surface area contributed by atoms with E-state index in [9.17, 15) is 32.7 Å². The molecule has 0 bridgehead atoms. The van der Waals surface area contributed by atoms with Gasteiger partial charge in [-0.1, -0.05) is 5.21 Å². The van der Waals surface area contributed by atoms with Crippen molar-refractivity contribution in [1.29, 1.82) is 0 Å². The monoisotopic (exact) mass is 709 g/mol. The van der Waals surface area contributed by atoms with Crippen molar-refractivity contribution in [2.75, 3.05) is 29.8 Å². The Bertz CT molecular complexity index is 2060. The van der Waals surface area contributed by atoms with E-state index in [2.05, 4.69) is 25.9 Å². The molecule has 2 aromatic carbocycles. The summed E-state index contributed by atoms with van der Waals surface area (Å²) in [4.78, 5) is 57.5. The fourth-order valence-electron chi connectivity index (χ4n) is 5.78. The first-order valence-electron chi connectivity index (χ1n) is 15.1. The largest absolute Gasteiger partial charge is 0.480 e. The number of rotatable bonds is 10. The topological polar surface area (TPSA) is 209 Å². The molecule has 2 saturated heterocycles. The van der Waals surface area contributed by atoms with E-state index in [-0.39, 0.29) is 28.2 Å². The molecule has 4 aromatic rings. The van der Waals surface area contributed by atoms with Crippen molar-refractivity contribution in [3.63, 3.8) is 0 Å². The number of likely N-dealkylation sites (N-methyl/N-ethyl adjacent to an activating group) is 1. The number of fused-ring (bicyclic) bond motifs is 1. The third kappa shape index (κ3) is 6.72. The first-order valence-corrected chi connectivity index (χ1v) is 16.6. The number of anilines is 2. The molecule has 2 unspecified atom stereocenters. The SMILES string of the molecule is CN1C(=O)N(c2ccc(C[C@H](NC(=O)c3cc(F)c(NS(=O)(=O)c4ccc(-n5ccnn5)cc4)cc3F)C(=O)O)nc2)C(=O)C2CCNCC21. The van der Waals surface area contributed by atoms with Crippen LogP contribution in [0.3, 0.4) is 0 Å². The predicted molar refractivity (Wildman–Crippen MR) is 171 cm³/mol. The van der Waals surface area contributed by atoms with Crippen LogP contribution >= 0.6 is 0 Å². The quantitative estimate of drug-likeness (QED) is 0.186. The number of aliphatic carboxylic acids is 1. The van der Waals surface area contributed by atoms with Gasteiger partial charge in [-0.2, -0.15) is 0 Å². The van der Waals surface area contributed by atoms with Gasteiger partial charge in [-0.05, 0) is 55.4 Å². The number of piperidine rings is 1. The third-order valence-electron chi connectivity index (χ3n) is 8.44. The number of carboxylic acid groups (broad SMARTS) is 1. The molecule has 0 aliphatic carbocycles. The fourth-order valence-corrected chi connectivity index (χ4v) is 6.83. The number of nitrogens with zero attached hydrogens (tertiary/aromatic N) is 6. The number of aromatic nitrogens is 4. The van der Waals surface area contributed by atoms with Crippen LogP contribution in [-0.4, -0.2) is 94.4 Å². The Hall–Kier alpha value is -5.82. The molecule has 19 heteroatoms. The van der Waals surface area contributed by atoms with Crippen molar-refractivity contribution in [3.05, 3.63) is 90.0 Å². The Morgan fingerprint density at radius 1 is 1.08 bits per heavy atom. The zero-order valence-corrected chi connectivity index (χ0v) is 27.0. The van der Waals surface area contributed by atoms with Crippen molar-refractivity contribution < 1.29 is 41.5 Å². The van der Waals surface area contributed by atoms with Crippen LogP contribution in [0, 0.1) is 17.6 Å². The molecule has 2 fully saturated rings. The molecule has 4 N–H and O–H groups in total. The highest BCUT2D eigenvalue weighted by molar-refractivity contribution is 7.92. The Labute approximate surface area is 283 Å². The van der Waals surface area contributed by atoms with E-state index in [1.54, 1.807) is 7.05 Å². The molecule has 6 rings (SSSR count). The Morgan fingerprint density at radius 2 is 1.82 bits per heavy atom. The number of amides is 4. The van der Waals surface area contributed by atoms with Gasteiger partial charge in [-0.15, -0.1) is 5.10 Å². The summed E-state index contributed by atoms with van der Waals surface area (Å²) in [5.74, 6) is -6.18. The van der Waals surface area contributed by atoms with E-state index >= 15 is 8.78 Å². The average Bonchev–Trinajstić information content (AvgIpc) is 3.64. The van der Waals surface area contributed by atoms with Crippen molar-refractivity contribution in [3.8, 4) is 5.69 Å². The number of halogens is 2. The second kappa shape index (κ2) is 13.6. The molecular weight excluding hydrogens is 680 g/mol. The summed E-state index contributed by atoms with van der Waals surface area (Å²) in [6.07, 6.45) is 4.36.